The minimum Gasteiger partial charge on any atom is -0.478 e. The van der Waals surface area contributed by atoms with Gasteiger partial charge in [-0.1, -0.05) is 24.9 Å². The quantitative estimate of drug-likeness (QED) is 0.910. The van der Waals surface area contributed by atoms with E-state index in [1.54, 1.807) is 16.8 Å². The van der Waals surface area contributed by atoms with Gasteiger partial charge in [-0.3, -0.25) is 0 Å². The summed E-state index contributed by atoms with van der Waals surface area (Å²) in [5.74, 6) is -0.939. The van der Waals surface area contributed by atoms with Gasteiger partial charge in [-0.05, 0) is 37.1 Å². The number of carbonyl (C=O) groups is 1. The van der Waals surface area contributed by atoms with Gasteiger partial charge in [0.1, 0.15) is 5.56 Å². The van der Waals surface area contributed by atoms with Crippen LogP contribution in [0, 0.1) is 0 Å². The third kappa shape index (κ3) is 2.96. The number of carboxylic acids is 1. The summed E-state index contributed by atoms with van der Waals surface area (Å²) >= 11 is 5.85. The molecule has 0 bridgehead atoms. The highest BCUT2D eigenvalue weighted by Gasteiger charge is 2.17. The summed E-state index contributed by atoms with van der Waals surface area (Å²) in [6.07, 6.45) is 4.03. The average molecular weight is 279 g/mol. The normalized spacial score (nSPS) is 10.6. The number of halogens is 1. The number of aromatic carboxylic acids is 1. The molecule has 100 valence electrons. The minimum atomic E-state index is -0.939. The molecule has 1 N–H and O–H groups in total. The summed E-state index contributed by atoms with van der Waals surface area (Å²) in [6.45, 7) is 2.07. The van der Waals surface area contributed by atoms with Gasteiger partial charge in [0.05, 0.1) is 17.6 Å². The number of nitrogens with zero attached hydrogens (tertiary/aromatic N) is 2. The Balaban J connectivity index is 2.44. The molecule has 0 aliphatic rings. The van der Waals surface area contributed by atoms with E-state index in [4.69, 9.17) is 11.6 Å². The van der Waals surface area contributed by atoms with Crippen LogP contribution in [0.25, 0.3) is 5.69 Å². The van der Waals surface area contributed by atoms with Gasteiger partial charge in [0.2, 0.25) is 0 Å². The number of rotatable bonds is 5. The molecule has 0 saturated carbocycles. The van der Waals surface area contributed by atoms with E-state index < -0.39 is 5.97 Å². The van der Waals surface area contributed by atoms with Crippen molar-refractivity contribution < 1.29 is 9.90 Å². The lowest BCUT2D eigenvalue weighted by atomic mass is 10.1. The van der Waals surface area contributed by atoms with Gasteiger partial charge in [0.25, 0.3) is 0 Å². The van der Waals surface area contributed by atoms with E-state index in [1.807, 2.05) is 12.1 Å². The second-order valence-electron chi connectivity index (χ2n) is 4.30. The first-order valence-electron chi connectivity index (χ1n) is 6.19. The van der Waals surface area contributed by atoms with Gasteiger partial charge in [-0.15, -0.1) is 0 Å². The van der Waals surface area contributed by atoms with E-state index in [-0.39, 0.29) is 5.56 Å². The van der Waals surface area contributed by atoms with Crippen LogP contribution in [0.2, 0.25) is 5.02 Å². The molecule has 1 aromatic heterocycles. The van der Waals surface area contributed by atoms with Crippen molar-refractivity contribution in [2.24, 2.45) is 0 Å². The Morgan fingerprint density at radius 1 is 1.37 bits per heavy atom. The van der Waals surface area contributed by atoms with Crippen molar-refractivity contribution >= 4 is 17.6 Å². The fourth-order valence-corrected chi connectivity index (χ4v) is 2.07. The number of hydrogen-bond acceptors (Lipinski definition) is 2. The van der Waals surface area contributed by atoms with Gasteiger partial charge in [-0.25, -0.2) is 9.48 Å². The van der Waals surface area contributed by atoms with Crippen molar-refractivity contribution in [2.75, 3.05) is 0 Å². The minimum absolute atomic E-state index is 0.267. The molecule has 0 aliphatic heterocycles. The molecule has 0 radical (unpaired) electrons. The van der Waals surface area contributed by atoms with Crippen LogP contribution in [-0.4, -0.2) is 20.9 Å². The summed E-state index contributed by atoms with van der Waals surface area (Å²) in [5.41, 5.74) is 1.82. The van der Waals surface area contributed by atoms with Crippen LogP contribution in [0.15, 0.2) is 30.5 Å². The van der Waals surface area contributed by atoms with Crippen molar-refractivity contribution in [1.82, 2.24) is 9.78 Å². The zero-order valence-electron chi connectivity index (χ0n) is 10.6. The lowest BCUT2D eigenvalue weighted by molar-refractivity contribution is 0.0695. The van der Waals surface area contributed by atoms with Gasteiger partial charge in [0, 0.05) is 5.02 Å². The molecular formula is C14H15ClN2O2. The summed E-state index contributed by atoms with van der Waals surface area (Å²) in [5, 5.41) is 14.0. The lowest BCUT2D eigenvalue weighted by Crippen LogP contribution is -2.06. The largest absolute Gasteiger partial charge is 0.478 e. The summed E-state index contributed by atoms with van der Waals surface area (Å²) in [6, 6.07) is 7.19. The van der Waals surface area contributed by atoms with Crippen LogP contribution in [0.3, 0.4) is 0 Å². The summed E-state index contributed by atoms with van der Waals surface area (Å²) in [7, 11) is 0. The Morgan fingerprint density at radius 3 is 2.63 bits per heavy atom. The fourth-order valence-electron chi connectivity index (χ4n) is 1.94. The van der Waals surface area contributed by atoms with E-state index in [0.29, 0.717) is 11.4 Å². The maximum atomic E-state index is 11.2. The fraction of sp³-hybridized carbons (Fsp3) is 0.286. The maximum Gasteiger partial charge on any atom is 0.339 e. The molecular weight excluding hydrogens is 264 g/mol. The average Bonchev–Trinajstić information content (AvgIpc) is 2.81. The van der Waals surface area contributed by atoms with Gasteiger partial charge in [-0.2, -0.15) is 5.10 Å². The predicted octanol–water partition coefficient (Wildman–Crippen LogP) is 3.57. The van der Waals surface area contributed by atoms with E-state index in [1.165, 1.54) is 6.20 Å². The smallest absolute Gasteiger partial charge is 0.339 e. The summed E-state index contributed by atoms with van der Waals surface area (Å²) < 4.78 is 1.68. The molecule has 0 unspecified atom stereocenters. The molecule has 0 aliphatic carbocycles. The molecule has 1 heterocycles. The lowest BCUT2D eigenvalue weighted by Gasteiger charge is -2.08. The Bertz CT molecular complexity index is 576. The second kappa shape index (κ2) is 5.89. The van der Waals surface area contributed by atoms with Crippen molar-refractivity contribution in [3.63, 3.8) is 0 Å². The zero-order valence-corrected chi connectivity index (χ0v) is 11.4. The number of benzene rings is 1. The molecule has 0 amide bonds. The van der Waals surface area contributed by atoms with Crippen LogP contribution in [0.1, 0.15) is 35.8 Å². The molecule has 5 heteroatoms. The molecule has 1 aromatic carbocycles. The number of aromatic nitrogens is 2. The highest BCUT2D eigenvalue weighted by Crippen LogP contribution is 2.19. The van der Waals surface area contributed by atoms with Crippen LogP contribution in [0.4, 0.5) is 0 Å². The molecule has 2 aromatic rings. The van der Waals surface area contributed by atoms with E-state index in [9.17, 15) is 9.90 Å². The molecule has 2 rings (SSSR count). The first kappa shape index (κ1) is 13.6. The van der Waals surface area contributed by atoms with Gasteiger partial charge in [0.15, 0.2) is 0 Å². The first-order chi connectivity index (χ1) is 9.13. The molecule has 0 fully saturated rings. The van der Waals surface area contributed by atoms with Crippen LogP contribution in [-0.2, 0) is 6.42 Å². The standard InChI is InChI=1S/C14H15ClN2O2/c1-2-3-4-13-12(14(18)19)9-16-17(13)11-7-5-10(15)6-8-11/h5-9H,2-4H2,1H3,(H,18,19). The van der Waals surface area contributed by atoms with Crippen LogP contribution >= 0.6 is 11.6 Å². The summed E-state index contributed by atoms with van der Waals surface area (Å²) in [4.78, 5) is 11.2. The highest BCUT2D eigenvalue weighted by molar-refractivity contribution is 6.30. The van der Waals surface area contributed by atoms with E-state index in [0.717, 1.165) is 24.2 Å². The predicted molar refractivity (Wildman–Crippen MR) is 74.1 cm³/mol. The Kier molecular flexibility index (Phi) is 4.22. The van der Waals surface area contributed by atoms with E-state index in [2.05, 4.69) is 12.0 Å². The first-order valence-corrected chi connectivity index (χ1v) is 6.57. The zero-order chi connectivity index (χ0) is 13.8. The molecule has 0 atom stereocenters. The third-order valence-corrected chi connectivity index (χ3v) is 3.19. The monoisotopic (exact) mass is 278 g/mol. The maximum absolute atomic E-state index is 11.2. The number of unbranched alkanes of at least 4 members (excludes halogenated alkanes) is 1. The Hall–Kier alpha value is -1.81. The van der Waals surface area contributed by atoms with Crippen molar-refractivity contribution in [3.8, 4) is 5.69 Å². The van der Waals surface area contributed by atoms with Gasteiger partial charge < -0.3 is 5.11 Å². The second-order valence-corrected chi connectivity index (χ2v) is 4.74. The van der Waals surface area contributed by atoms with Crippen LogP contribution < -0.4 is 0 Å². The van der Waals surface area contributed by atoms with Crippen LogP contribution in [0.5, 0.6) is 0 Å². The van der Waals surface area contributed by atoms with E-state index >= 15 is 0 Å². The SMILES string of the molecule is CCCCc1c(C(=O)O)cnn1-c1ccc(Cl)cc1. The Labute approximate surface area is 116 Å². The molecule has 19 heavy (non-hydrogen) atoms. The van der Waals surface area contributed by atoms with Gasteiger partial charge >= 0.3 is 5.97 Å². The topological polar surface area (TPSA) is 55.1 Å². The van der Waals surface area contributed by atoms with Crippen molar-refractivity contribution in [1.29, 1.82) is 0 Å². The molecule has 4 nitrogen and oxygen atoms in total. The highest BCUT2D eigenvalue weighted by atomic mass is 35.5. The third-order valence-electron chi connectivity index (χ3n) is 2.94. The molecule has 0 saturated heterocycles. The van der Waals surface area contributed by atoms with Crippen molar-refractivity contribution in [3.05, 3.63) is 46.7 Å². The van der Waals surface area contributed by atoms with Crippen molar-refractivity contribution in [2.45, 2.75) is 26.2 Å². The molecule has 0 spiro atoms. The Morgan fingerprint density at radius 2 is 2.05 bits per heavy atom. The number of hydrogen-bond donors (Lipinski definition) is 1. The number of carboxylic acid groups (broad SMARTS) is 1.